The average molecular weight is 325 g/mol. The molecule has 1 aliphatic heterocycles. The molecule has 5 rings (SSSR count). The Morgan fingerprint density at radius 2 is 2.12 bits per heavy atom. The summed E-state index contributed by atoms with van der Waals surface area (Å²) in [6.45, 7) is 2.00. The number of para-hydroxylation sites is 1. The van der Waals surface area contributed by atoms with Gasteiger partial charge in [0.2, 0.25) is 0 Å². The molecular formula is C20H27N3O. The van der Waals surface area contributed by atoms with E-state index in [2.05, 4.69) is 29.6 Å². The van der Waals surface area contributed by atoms with Crippen molar-refractivity contribution in [3.63, 3.8) is 0 Å². The van der Waals surface area contributed by atoms with E-state index in [1.807, 2.05) is 11.7 Å². The number of aryl methyl sites for hydroxylation is 1. The van der Waals surface area contributed by atoms with Crippen molar-refractivity contribution in [3.05, 3.63) is 30.0 Å². The van der Waals surface area contributed by atoms with Gasteiger partial charge in [0.1, 0.15) is 0 Å². The number of ether oxygens (including phenoxy) is 1. The van der Waals surface area contributed by atoms with Crippen LogP contribution in [-0.4, -0.2) is 35.1 Å². The summed E-state index contributed by atoms with van der Waals surface area (Å²) in [6.07, 6.45) is 8.29. The van der Waals surface area contributed by atoms with Gasteiger partial charge < -0.3 is 10.1 Å². The van der Waals surface area contributed by atoms with E-state index in [9.17, 15) is 0 Å². The number of hydrogen-bond donors (Lipinski definition) is 1. The summed E-state index contributed by atoms with van der Waals surface area (Å²) in [5.41, 5.74) is 2.90. The molecule has 1 N–H and O–H groups in total. The number of aromatic nitrogens is 2. The first kappa shape index (κ1) is 14.9. The van der Waals surface area contributed by atoms with Crippen LogP contribution in [0.2, 0.25) is 0 Å². The van der Waals surface area contributed by atoms with Crippen LogP contribution in [-0.2, 0) is 18.2 Å². The fourth-order valence-electron chi connectivity index (χ4n) is 5.83. The van der Waals surface area contributed by atoms with Crippen LogP contribution >= 0.6 is 0 Å². The third-order valence-corrected chi connectivity index (χ3v) is 6.85. The van der Waals surface area contributed by atoms with E-state index < -0.39 is 0 Å². The van der Waals surface area contributed by atoms with Gasteiger partial charge in [0.25, 0.3) is 0 Å². The van der Waals surface area contributed by atoms with Crippen molar-refractivity contribution in [2.75, 3.05) is 13.2 Å². The Kier molecular flexibility index (Phi) is 3.46. The van der Waals surface area contributed by atoms with Crippen LogP contribution in [0.15, 0.2) is 24.3 Å². The van der Waals surface area contributed by atoms with E-state index in [4.69, 9.17) is 9.84 Å². The second-order valence-electron chi connectivity index (χ2n) is 7.95. The molecule has 2 aromatic rings. The molecule has 2 heterocycles. The average Bonchev–Trinajstić information content (AvgIpc) is 3.31. The molecule has 1 unspecified atom stereocenters. The maximum Gasteiger partial charge on any atom is 0.0715 e. The van der Waals surface area contributed by atoms with Gasteiger partial charge in [-0.15, -0.1) is 0 Å². The summed E-state index contributed by atoms with van der Waals surface area (Å²) >= 11 is 0. The van der Waals surface area contributed by atoms with Gasteiger partial charge in [0, 0.05) is 49.4 Å². The molecule has 1 aromatic carbocycles. The Balaban J connectivity index is 1.29. The Morgan fingerprint density at radius 1 is 1.29 bits per heavy atom. The van der Waals surface area contributed by atoms with Gasteiger partial charge in [0.05, 0.1) is 17.3 Å². The van der Waals surface area contributed by atoms with Gasteiger partial charge in [0.15, 0.2) is 0 Å². The molecule has 128 valence electrons. The van der Waals surface area contributed by atoms with E-state index in [1.165, 1.54) is 48.7 Å². The summed E-state index contributed by atoms with van der Waals surface area (Å²) in [7, 11) is 2.04. The van der Waals surface area contributed by atoms with E-state index in [0.717, 1.165) is 25.5 Å². The van der Waals surface area contributed by atoms with E-state index in [1.54, 1.807) is 0 Å². The molecule has 4 nitrogen and oxygen atoms in total. The molecule has 1 spiro atoms. The van der Waals surface area contributed by atoms with Crippen molar-refractivity contribution >= 4 is 10.9 Å². The fourth-order valence-corrected chi connectivity index (χ4v) is 5.83. The summed E-state index contributed by atoms with van der Waals surface area (Å²) in [5.74, 6) is 0.753. The first-order valence-corrected chi connectivity index (χ1v) is 9.55. The van der Waals surface area contributed by atoms with Crippen LogP contribution in [0, 0.1) is 11.3 Å². The minimum absolute atomic E-state index is 0.452. The second kappa shape index (κ2) is 5.57. The molecule has 1 aromatic heterocycles. The molecule has 2 saturated carbocycles. The Bertz CT molecular complexity index is 746. The smallest absolute Gasteiger partial charge is 0.0715 e. The minimum Gasteiger partial charge on any atom is -0.377 e. The Morgan fingerprint density at radius 3 is 3.00 bits per heavy atom. The van der Waals surface area contributed by atoms with Crippen LogP contribution in [0.25, 0.3) is 10.9 Å². The van der Waals surface area contributed by atoms with Gasteiger partial charge >= 0.3 is 0 Å². The molecule has 0 bridgehead atoms. The number of nitrogens with one attached hydrogen (secondary N) is 1. The Hall–Kier alpha value is -1.39. The molecule has 3 atom stereocenters. The number of nitrogens with zero attached hydrogens (tertiary/aromatic N) is 2. The lowest BCUT2D eigenvalue weighted by Gasteiger charge is -2.57. The molecule has 1 saturated heterocycles. The van der Waals surface area contributed by atoms with Gasteiger partial charge in [-0.25, -0.2) is 0 Å². The highest BCUT2D eigenvalue weighted by atomic mass is 16.5. The molecule has 0 amide bonds. The highest BCUT2D eigenvalue weighted by Crippen LogP contribution is 2.60. The van der Waals surface area contributed by atoms with Crippen molar-refractivity contribution in [1.82, 2.24) is 15.1 Å². The maximum atomic E-state index is 6.09. The summed E-state index contributed by atoms with van der Waals surface area (Å²) in [6, 6.07) is 9.22. The normalized spacial score (nSPS) is 30.8. The quantitative estimate of drug-likeness (QED) is 0.939. The second-order valence-corrected chi connectivity index (χ2v) is 7.95. The molecular weight excluding hydrogens is 298 g/mol. The van der Waals surface area contributed by atoms with Gasteiger partial charge in [-0.05, 0) is 25.3 Å². The molecule has 0 radical (unpaired) electrons. The van der Waals surface area contributed by atoms with Gasteiger partial charge in [-0.1, -0.05) is 31.0 Å². The van der Waals surface area contributed by atoms with E-state index in [0.29, 0.717) is 17.6 Å². The Labute approximate surface area is 143 Å². The van der Waals surface area contributed by atoms with Crippen LogP contribution in [0.3, 0.4) is 0 Å². The van der Waals surface area contributed by atoms with Crippen molar-refractivity contribution in [2.24, 2.45) is 18.4 Å². The SMILES string of the molecule is Cn1nc(CCNC2[C@H]3CCO[C@H]3C23CCCC3)c2ccccc21. The third-order valence-electron chi connectivity index (χ3n) is 6.85. The van der Waals surface area contributed by atoms with Crippen LogP contribution in [0.4, 0.5) is 0 Å². The van der Waals surface area contributed by atoms with Crippen molar-refractivity contribution < 1.29 is 4.74 Å². The monoisotopic (exact) mass is 325 g/mol. The highest BCUT2D eigenvalue weighted by molar-refractivity contribution is 5.81. The maximum absolute atomic E-state index is 6.09. The fraction of sp³-hybridized carbons (Fsp3) is 0.650. The van der Waals surface area contributed by atoms with Crippen molar-refractivity contribution in [2.45, 2.75) is 50.7 Å². The number of rotatable bonds is 4. The van der Waals surface area contributed by atoms with Crippen LogP contribution in [0.5, 0.6) is 0 Å². The molecule has 24 heavy (non-hydrogen) atoms. The molecule has 2 aliphatic carbocycles. The lowest BCUT2D eigenvalue weighted by molar-refractivity contribution is -0.130. The van der Waals surface area contributed by atoms with Crippen LogP contribution < -0.4 is 5.32 Å². The largest absolute Gasteiger partial charge is 0.377 e. The van der Waals surface area contributed by atoms with Crippen molar-refractivity contribution in [3.8, 4) is 0 Å². The summed E-state index contributed by atoms with van der Waals surface area (Å²) < 4.78 is 8.10. The zero-order valence-electron chi connectivity index (χ0n) is 14.5. The lowest BCUT2D eigenvalue weighted by Crippen LogP contribution is -2.67. The number of benzene rings is 1. The van der Waals surface area contributed by atoms with E-state index in [-0.39, 0.29) is 0 Å². The minimum atomic E-state index is 0.452. The number of fused-ring (bicyclic) bond motifs is 3. The highest BCUT2D eigenvalue weighted by Gasteiger charge is 2.64. The van der Waals surface area contributed by atoms with E-state index >= 15 is 0 Å². The topological polar surface area (TPSA) is 39.1 Å². The third kappa shape index (κ3) is 2.02. The lowest BCUT2D eigenvalue weighted by atomic mass is 9.54. The summed E-state index contributed by atoms with van der Waals surface area (Å²) in [4.78, 5) is 0. The predicted molar refractivity (Wildman–Crippen MR) is 95.0 cm³/mol. The summed E-state index contributed by atoms with van der Waals surface area (Å²) in [5, 5.41) is 9.95. The predicted octanol–water partition coefficient (Wildman–Crippen LogP) is 3.05. The number of hydrogen-bond acceptors (Lipinski definition) is 3. The zero-order valence-corrected chi connectivity index (χ0v) is 14.5. The van der Waals surface area contributed by atoms with Crippen molar-refractivity contribution in [1.29, 1.82) is 0 Å². The molecule has 3 aliphatic rings. The standard InChI is InChI=1S/C20H27N3O/c1-23-17-7-3-2-6-14(17)16(22-23)8-12-21-18-15-9-13-24-19(15)20(18)10-4-5-11-20/h2-3,6-7,15,18-19,21H,4-5,8-13H2,1H3/t15-,18?,19-/m1/s1. The van der Waals surface area contributed by atoms with Gasteiger partial charge in [-0.3, -0.25) is 4.68 Å². The zero-order chi connectivity index (χ0) is 16.1. The first-order valence-electron chi connectivity index (χ1n) is 9.55. The molecule has 4 heteroatoms. The van der Waals surface area contributed by atoms with Gasteiger partial charge in [-0.2, -0.15) is 5.10 Å². The molecule has 3 fully saturated rings. The first-order chi connectivity index (χ1) is 11.8. The van der Waals surface area contributed by atoms with Crippen LogP contribution in [0.1, 0.15) is 37.8 Å².